The molecule has 0 fully saturated rings. The molecule has 0 saturated heterocycles. The first-order chi connectivity index (χ1) is 3.81. The summed E-state index contributed by atoms with van der Waals surface area (Å²) in [4.78, 5) is 10.2. The number of amides is 1. The lowest BCUT2D eigenvalue weighted by Gasteiger charge is -1.90. The summed E-state index contributed by atoms with van der Waals surface area (Å²) in [7, 11) is 0. The molecule has 0 spiro atoms. The Morgan fingerprint density at radius 3 is 3.00 bits per heavy atom. The lowest BCUT2D eigenvalue weighted by molar-refractivity contribution is -0.116. The third kappa shape index (κ3) is 2.98. The van der Waals surface area contributed by atoms with Crippen molar-refractivity contribution in [2.24, 2.45) is 0 Å². The van der Waals surface area contributed by atoms with Crippen LogP contribution >= 0.6 is 0 Å². The van der Waals surface area contributed by atoms with Crippen LogP contribution < -0.4 is 5.32 Å². The average molecular weight is 109 g/mol. The van der Waals surface area contributed by atoms with Crippen LogP contribution in [-0.4, -0.2) is 12.5 Å². The third-order valence-electron chi connectivity index (χ3n) is 0.550. The average Bonchev–Trinajstić information content (AvgIpc) is 1.83. The van der Waals surface area contributed by atoms with Crippen molar-refractivity contribution >= 4 is 5.91 Å². The zero-order valence-corrected chi connectivity index (χ0v) is 4.48. The second-order valence-electron chi connectivity index (χ2n) is 1.13. The maximum absolute atomic E-state index is 10.2. The Balaban J connectivity index is 3.28. The van der Waals surface area contributed by atoms with Crippen molar-refractivity contribution in [1.29, 1.82) is 0 Å². The highest BCUT2D eigenvalue weighted by Gasteiger charge is 1.85. The molecule has 1 amide bonds. The summed E-state index contributed by atoms with van der Waals surface area (Å²) >= 11 is 0. The van der Waals surface area contributed by atoms with E-state index in [9.17, 15) is 4.79 Å². The van der Waals surface area contributed by atoms with Crippen LogP contribution in [0.3, 0.4) is 0 Å². The van der Waals surface area contributed by atoms with Gasteiger partial charge < -0.3 is 5.32 Å². The van der Waals surface area contributed by atoms with Gasteiger partial charge in [-0.3, -0.25) is 4.79 Å². The Morgan fingerprint density at radius 2 is 2.62 bits per heavy atom. The molecule has 0 aliphatic carbocycles. The van der Waals surface area contributed by atoms with Gasteiger partial charge in [0.1, 0.15) is 0 Å². The van der Waals surface area contributed by atoms with E-state index in [4.69, 9.17) is 6.42 Å². The van der Waals surface area contributed by atoms with E-state index in [-0.39, 0.29) is 12.5 Å². The van der Waals surface area contributed by atoms with E-state index in [0.717, 1.165) is 0 Å². The van der Waals surface area contributed by atoms with E-state index in [2.05, 4.69) is 17.8 Å². The molecule has 0 rings (SSSR count). The zero-order chi connectivity index (χ0) is 6.41. The standard InChI is InChI=1S/C6H7NO/c1-3-5-7-6(8)4-2/h1,4H,2,5H2,(H,7,8). The third-order valence-corrected chi connectivity index (χ3v) is 0.550. The number of carbonyl (C=O) groups is 1. The van der Waals surface area contributed by atoms with Crippen molar-refractivity contribution in [3.8, 4) is 12.3 Å². The van der Waals surface area contributed by atoms with Gasteiger partial charge in [0.25, 0.3) is 0 Å². The van der Waals surface area contributed by atoms with Crippen LogP contribution in [0.5, 0.6) is 0 Å². The molecule has 0 aliphatic rings. The SMILES string of the molecule is C#CCNC(=O)C=C. The minimum atomic E-state index is -0.233. The first-order valence-electron chi connectivity index (χ1n) is 2.15. The fraction of sp³-hybridized carbons (Fsp3) is 0.167. The summed E-state index contributed by atoms with van der Waals surface area (Å²) < 4.78 is 0. The van der Waals surface area contributed by atoms with Gasteiger partial charge in [-0.1, -0.05) is 12.5 Å². The molecule has 0 atom stereocenters. The van der Waals surface area contributed by atoms with Gasteiger partial charge in [-0.15, -0.1) is 6.42 Å². The summed E-state index contributed by atoms with van der Waals surface area (Å²) in [5.41, 5.74) is 0. The minimum absolute atomic E-state index is 0.233. The molecular weight excluding hydrogens is 102 g/mol. The van der Waals surface area contributed by atoms with Crippen LogP contribution in [0.15, 0.2) is 12.7 Å². The van der Waals surface area contributed by atoms with Crippen molar-refractivity contribution in [2.75, 3.05) is 6.54 Å². The molecule has 0 radical (unpaired) electrons. The van der Waals surface area contributed by atoms with Crippen LogP contribution in [0.4, 0.5) is 0 Å². The van der Waals surface area contributed by atoms with Gasteiger partial charge in [0.05, 0.1) is 6.54 Å². The summed E-state index contributed by atoms with van der Waals surface area (Å²) in [6.07, 6.45) is 6.01. The molecule has 2 heteroatoms. The van der Waals surface area contributed by atoms with E-state index in [1.54, 1.807) is 0 Å². The largest absolute Gasteiger partial charge is 0.342 e. The fourth-order valence-electron chi connectivity index (χ4n) is 0.210. The number of terminal acetylenes is 1. The summed E-state index contributed by atoms with van der Waals surface area (Å²) in [5.74, 6) is 2.02. The van der Waals surface area contributed by atoms with Crippen molar-refractivity contribution in [3.05, 3.63) is 12.7 Å². The van der Waals surface area contributed by atoms with Crippen LogP contribution in [-0.2, 0) is 4.79 Å². The van der Waals surface area contributed by atoms with Crippen LogP contribution in [0, 0.1) is 12.3 Å². The van der Waals surface area contributed by atoms with Gasteiger partial charge in [-0.25, -0.2) is 0 Å². The zero-order valence-electron chi connectivity index (χ0n) is 4.48. The summed E-state index contributed by atoms with van der Waals surface area (Å²) in [5, 5.41) is 2.39. The van der Waals surface area contributed by atoms with Crippen LogP contribution in [0.1, 0.15) is 0 Å². The first-order valence-corrected chi connectivity index (χ1v) is 2.15. The van der Waals surface area contributed by atoms with Crippen molar-refractivity contribution < 1.29 is 4.79 Å². The second kappa shape index (κ2) is 3.94. The van der Waals surface area contributed by atoms with Gasteiger partial charge >= 0.3 is 0 Å². The minimum Gasteiger partial charge on any atom is -0.342 e. The Labute approximate surface area is 48.6 Å². The lowest BCUT2D eigenvalue weighted by atomic mass is 10.5. The van der Waals surface area contributed by atoms with Gasteiger partial charge in [0, 0.05) is 0 Å². The van der Waals surface area contributed by atoms with Crippen LogP contribution in [0.2, 0.25) is 0 Å². The molecule has 0 bridgehead atoms. The number of nitrogens with one attached hydrogen (secondary N) is 1. The van der Waals surface area contributed by atoms with Gasteiger partial charge in [-0.05, 0) is 6.08 Å². The van der Waals surface area contributed by atoms with Crippen LogP contribution in [0.25, 0.3) is 0 Å². The molecule has 0 saturated carbocycles. The molecular formula is C6H7NO. The highest BCUT2D eigenvalue weighted by molar-refractivity contribution is 5.86. The fourth-order valence-corrected chi connectivity index (χ4v) is 0.210. The van der Waals surface area contributed by atoms with Crippen molar-refractivity contribution in [3.63, 3.8) is 0 Å². The number of hydrogen-bond donors (Lipinski definition) is 1. The highest BCUT2D eigenvalue weighted by atomic mass is 16.1. The maximum atomic E-state index is 10.2. The van der Waals surface area contributed by atoms with Gasteiger partial charge in [-0.2, -0.15) is 0 Å². The molecule has 1 N–H and O–H groups in total. The Bertz CT molecular complexity index is 132. The molecule has 8 heavy (non-hydrogen) atoms. The van der Waals surface area contributed by atoms with E-state index < -0.39 is 0 Å². The van der Waals surface area contributed by atoms with E-state index >= 15 is 0 Å². The lowest BCUT2D eigenvalue weighted by Crippen LogP contribution is -2.20. The summed E-state index contributed by atoms with van der Waals surface area (Å²) in [6.45, 7) is 3.50. The Morgan fingerprint density at radius 1 is 2.00 bits per heavy atom. The molecule has 0 aliphatic heterocycles. The number of hydrogen-bond acceptors (Lipinski definition) is 1. The van der Waals surface area contributed by atoms with Crippen molar-refractivity contribution in [2.45, 2.75) is 0 Å². The number of rotatable bonds is 2. The van der Waals surface area contributed by atoms with Crippen molar-refractivity contribution in [1.82, 2.24) is 5.32 Å². The smallest absolute Gasteiger partial charge is 0.244 e. The molecule has 2 nitrogen and oxygen atoms in total. The number of carbonyl (C=O) groups excluding carboxylic acids is 1. The topological polar surface area (TPSA) is 29.1 Å². The monoisotopic (exact) mass is 109 g/mol. The Hall–Kier alpha value is -1.23. The predicted octanol–water partition coefficient (Wildman–Crippen LogP) is -0.0782. The van der Waals surface area contributed by atoms with E-state index in [1.165, 1.54) is 6.08 Å². The van der Waals surface area contributed by atoms with E-state index in [1.807, 2.05) is 0 Å². The van der Waals surface area contributed by atoms with E-state index in [0.29, 0.717) is 0 Å². The highest BCUT2D eigenvalue weighted by Crippen LogP contribution is 1.62. The first kappa shape index (κ1) is 6.77. The normalized spacial score (nSPS) is 6.88. The summed E-state index contributed by atoms with van der Waals surface area (Å²) in [6, 6.07) is 0. The molecule has 0 heterocycles. The molecule has 0 aromatic heterocycles. The Kier molecular flexibility index (Phi) is 3.34. The molecule has 0 unspecified atom stereocenters. The maximum Gasteiger partial charge on any atom is 0.244 e. The van der Waals surface area contributed by atoms with Gasteiger partial charge in [0.2, 0.25) is 5.91 Å². The molecule has 0 aromatic carbocycles. The predicted molar refractivity (Wildman–Crippen MR) is 32.0 cm³/mol. The molecule has 0 aromatic rings. The van der Waals surface area contributed by atoms with Gasteiger partial charge in [0.15, 0.2) is 0 Å². The quantitative estimate of drug-likeness (QED) is 0.390. The molecule has 42 valence electrons. The second-order valence-corrected chi connectivity index (χ2v) is 1.13.